The number of nitrogens with one attached hydrogen (secondary N) is 1. The summed E-state index contributed by atoms with van der Waals surface area (Å²) in [6, 6.07) is 0.738. The fraction of sp³-hybridized carbons (Fsp3) is 0.857. The SMILES string of the molecule is c1c(CNC2CC2)nnn1CCN1CCCCCC1. The summed E-state index contributed by atoms with van der Waals surface area (Å²) in [5.74, 6) is 0. The Morgan fingerprint density at radius 2 is 1.89 bits per heavy atom. The summed E-state index contributed by atoms with van der Waals surface area (Å²) < 4.78 is 1.99. The zero-order valence-electron chi connectivity index (χ0n) is 11.7. The Hall–Kier alpha value is -0.940. The highest BCUT2D eigenvalue weighted by atomic mass is 15.4. The van der Waals surface area contributed by atoms with E-state index in [0.717, 1.165) is 31.4 Å². The second-order valence-electron chi connectivity index (χ2n) is 5.88. The maximum atomic E-state index is 4.23. The molecule has 0 amide bonds. The third-order valence-corrected chi connectivity index (χ3v) is 4.08. The van der Waals surface area contributed by atoms with Crippen LogP contribution in [0.15, 0.2) is 6.20 Å². The lowest BCUT2D eigenvalue weighted by molar-refractivity contribution is 0.267. The first-order chi connectivity index (χ1) is 9.40. The van der Waals surface area contributed by atoms with Gasteiger partial charge in [-0.2, -0.15) is 0 Å². The van der Waals surface area contributed by atoms with Gasteiger partial charge < -0.3 is 10.2 Å². The molecule has 0 aromatic carbocycles. The van der Waals surface area contributed by atoms with Crippen molar-refractivity contribution in [2.45, 2.75) is 57.7 Å². The normalized spacial score (nSPS) is 21.5. The van der Waals surface area contributed by atoms with Gasteiger partial charge in [0.15, 0.2) is 0 Å². The Balaban J connectivity index is 1.41. The predicted molar refractivity (Wildman–Crippen MR) is 74.8 cm³/mol. The molecule has 1 saturated carbocycles. The molecule has 2 aliphatic rings. The molecule has 19 heavy (non-hydrogen) atoms. The summed E-state index contributed by atoms with van der Waals surface area (Å²) in [6.45, 7) is 5.46. The molecular weight excluding hydrogens is 238 g/mol. The lowest BCUT2D eigenvalue weighted by atomic mass is 10.2. The quantitative estimate of drug-likeness (QED) is 0.843. The lowest BCUT2D eigenvalue weighted by Gasteiger charge is -2.19. The average Bonchev–Trinajstić information content (AvgIpc) is 3.20. The third-order valence-electron chi connectivity index (χ3n) is 4.08. The second-order valence-corrected chi connectivity index (χ2v) is 5.88. The van der Waals surface area contributed by atoms with Gasteiger partial charge in [-0.3, -0.25) is 4.68 Å². The summed E-state index contributed by atoms with van der Waals surface area (Å²) in [7, 11) is 0. The maximum Gasteiger partial charge on any atom is 0.0964 e. The van der Waals surface area contributed by atoms with Crippen LogP contribution in [0.1, 0.15) is 44.2 Å². The van der Waals surface area contributed by atoms with Crippen molar-refractivity contribution in [2.75, 3.05) is 19.6 Å². The fourth-order valence-electron chi connectivity index (χ4n) is 2.67. The van der Waals surface area contributed by atoms with Crippen molar-refractivity contribution >= 4 is 0 Å². The van der Waals surface area contributed by atoms with Crippen LogP contribution in [0, 0.1) is 0 Å². The van der Waals surface area contributed by atoms with Crippen molar-refractivity contribution in [1.29, 1.82) is 0 Å². The topological polar surface area (TPSA) is 46.0 Å². The van der Waals surface area contributed by atoms with E-state index >= 15 is 0 Å². The molecule has 5 heteroatoms. The van der Waals surface area contributed by atoms with Crippen LogP contribution in [-0.2, 0) is 13.1 Å². The van der Waals surface area contributed by atoms with Gasteiger partial charge in [-0.1, -0.05) is 18.1 Å². The highest BCUT2D eigenvalue weighted by Crippen LogP contribution is 2.18. The van der Waals surface area contributed by atoms with Crippen LogP contribution in [0.2, 0.25) is 0 Å². The van der Waals surface area contributed by atoms with Crippen molar-refractivity contribution in [3.8, 4) is 0 Å². The Morgan fingerprint density at radius 1 is 1.11 bits per heavy atom. The van der Waals surface area contributed by atoms with Gasteiger partial charge in [0.1, 0.15) is 0 Å². The maximum absolute atomic E-state index is 4.23. The molecule has 0 radical (unpaired) electrons. The minimum absolute atomic E-state index is 0.738. The zero-order chi connectivity index (χ0) is 12.9. The molecule has 0 unspecified atom stereocenters. The number of nitrogens with zero attached hydrogens (tertiary/aromatic N) is 4. The molecule has 1 saturated heterocycles. The summed E-state index contributed by atoms with van der Waals surface area (Å²) in [6.07, 6.45) is 10.2. The van der Waals surface area contributed by atoms with E-state index in [9.17, 15) is 0 Å². The minimum atomic E-state index is 0.738. The molecule has 0 spiro atoms. The van der Waals surface area contributed by atoms with Crippen LogP contribution in [-0.4, -0.2) is 45.6 Å². The Bertz CT molecular complexity index is 377. The Labute approximate surface area is 115 Å². The van der Waals surface area contributed by atoms with Crippen molar-refractivity contribution in [3.63, 3.8) is 0 Å². The van der Waals surface area contributed by atoms with Gasteiger partial charge in [-0.15, -0.1) is 5.10 Å². The van der Waals surface area contributed by atoms with Crippen molar-refractivity contribution in [2.24, 2.45) is 0 Å². The highest BCUT2D eigenvalue weighted by Gasteiger charge is 2.20. The van der Waals surface area contributed by atoms with E-state index in [4.69, 9.17) is 0 Å². The molecule has 0 bridgehead atoms. The molecule has 106 valence electrons. The number of likely N-dealkylation sites (tertiary alicyclic amines) is 1. The van der Waals surface area contributed by atoms with Gasteiger partial charge in [0.05, 0.1) is 12.2 Å². The largest absolute Gasteiger partial charge is 0.308 e. The molecule has 2 heterocycles. The van der Waals surface area contributed by atoms with Gasteiger partial charge >= 0.3 is 0 Å². The van der Waals surface area contributed by atoms with E-state index < -0.39 is 0 Å². The molecule has 1 N–H and O–H groups in total. The van der Waals surface area contributed by atoms with E-state index in [-0.39, 0.29) is 0 Å². The summed E-state index contributed by atoms with van der Waals surface area (Å²) >= 11 is 0. The van der Waals surface area contributed by atoms with Gasteiger partial charge in [0.25, 0.3) is 0 Å². The van der Waals surface area contributed by atoms with Crippen LogP contribution in [0.3, 0.4) is 0 Å². The zero-order valence-corrected chi connectivity index (χ0v) is 11.7. The summed E-state index contributed by atoms with van der Waals surface area (Å²) in [5, 5.41) is 11.9. The van der Waals surface area contributed by atoms with Gasteiger partial charge in [-0.25, -0.2) is 0 Å². The van der Waals surface area contributed by atoms with Crippen LogP contribution in [0.5, 0.6) is 0 Å². The first-order valence-electron chi connectivity index (χ1n) is 7.75. The third kappa shape index (κ3) is 4.28. The number of aromatic nitrogens is 3. The van der Waals surface area contributed by atoms with Crippen LogP contribution >= 0.6 is 0 Å². The average molecular weight is 263 g/mol. The number of rotatable bonds is 6. The fourth-order valence-corrected chi connectivity index (χ4v) is 2.67. The molecule has 1 aromatic rings. The molecule has 1 aliphatic heterocycles. The minimum Gasteiger partial charge on any atom is -0.308 e. The molecular formula is C14H25N5. The molecule has 0 atom stereocenters. The van der Waals surface area contributed by atoms with E-state index in [2.05, 4.69) is 26.7 Å². The first kappa shape index (κ1) is 13.1. The van der Waals surface area contributed by atoms with Crippen molar-refractivity contribution in [1.82, 2.24) is 25.2 Å². The van der Waals surface area contributed by atoms with Gasteiger partial charge in [0.2, 0.25) is 0 Å². The van der Waals surface area contributed by atoms with E-state index in [1.807, 2.05) is 4.68 Å². The van der Waals surface area contributed by atoms with Crippen molar-refractivity contribution < 1.29 is 0 Å². The summed E-state index contributed by atoms with van der Waals surface area (Å²) in [4.78, 5) is 2.57. The lowest BCUT2D eigenvalue weighted by Crippen LogP contribution is -2.28. The Morgan fingerprint density at radius 3 is 2.63 bits per heavy atom. The van der Waals surface area contributed by atoms with Crippen LogP contribution in [0.25, 0.3) is 0 Å². The van der Waals surface area contributed by atoms with Crippen LogP contribution in [0.4, 0.5) is 0 Å². The van der Waals surface area contributed by atoms with E-state index in [0.29, 0.717) is 0 Å². The molecule has 3 rings (SSSR count). The number of hydrogen-bond acceptors (Lipinski definition) is 4. The predicted octanol–water partition coefficient (Wildman–Crippen LogP) is 1.41. The molecule has 5 nitrogen and oxygen atoms in total. The van der Waals surface area contributed by atoms with Gasteiger partial charge in [-0.05, 0) is 38.8 Å². The molecule has 2 fully saturated rings. The standard InChI is InChI=1S/C14H25N5/c1-2-4-8-18(7-3-1)9-10-19-12-14(16-17-19)11-15-13-5-6-13/h12-13,15H,1-11H2. The Kier molecular flexibility index (Phi) is 4.45. The van der Waals surface area contributed by atoms with E-state index in [1.54, 1.807) is 0 Å². The highest BCUT2D eigenvalue weighted by molar-refractivity contribution is 4.94. The molecule has 1 aromatic heterocycles. The van der Waals surface area contributed by atoms with Crippen molar-refractivity contribution in [3.05, 3.63) is 11.9 Å². The first-order valence-corrected chi connectivity index (χ1v) is 7.75. The summed E-state index contributed by atoms with van der Waals surface area (Å²) in [5.41, 5.74) is 1.07. The second kappa shape index (κ2) is 6.48. The molecule has 1 aliphatic carbocycles. The monoisotopic (exact) mass is 263 g/mol. The smallest absolute Gasteiger partial charge is 0.0964 e. The number of hydrogen-bond donors (Lipinski definition) is 1. The van der Waals surface area contributed by atoms with E-state index in [1.165, 1.54) is 51.6 Å². The van der Waals surface area contributed by atoms with Gasteiger partial charge in [0, 0.05) is 25.3 Å². The van der Waals surface area contributed by atoms with Crippen LogP contribution < -0.4 is 5.32 Å².